The third-order valence-electron chi connectivity index (χ3n) is 3.62. The SMILES string of the molecule is Cc1nc([N+](=O)[O-])cn1CCC(=O)NCC(C)(O)C(C)C. The zero-order valence-electron chi connectivity index (χ0n) is 12.8. The minimum Gasteiger partial charge on any atom is -0.388 e. The fourth-order valence-corrected chi connectivity index (χ4v) is 1.60. The van der Waals surface area contributed by atoms with E-state index in [0.717, 1.165) is 0 Å². The number of hydrogen-bond acceptors (Lipinski definition) is 5. The van der Waals surface area contributed by atoms with Crippen molar-refractivity contribution in [3.8, 4) is 0 Å². The van der Waals surface area contributed by atoms with Crippen LogP contribution in [-0.4, -0.2) is 37.6 Å². The minimum absolute atomic E-state index is 0.0244. The molecule has 1 amide bonds. The van der Waals surface area contributed by atoms with Crippen LogP contribution >= 0.6 is 0 Å². The van der Waals surface area contributed by atoms with Crippen molar-refractivity contribution in [3.05, 3.63) is 22.1 Å². The Bertz CT molecular complexity index is 522. The molecule has 1 aromatic heterocycles. The summed E-state index contributed by atoms with van der Waals surface area (Å²) in [5.41, 5.74) is -0.959. The molecule has 1 atom stereocenters. The Morgan fingerprint density at radius 1 is 1.62 bits per heavy atom. The van der Waals surface area contributed by atoms with Crippen molar-refractivity contribution >= 4 is 11.7 Å². The largest absolute Gasteiger partial charge is 0.388 e. The first-order valence-corrected chi connectivity index (χ1v) is 6.80. The number of imidazole rings is 1. The number of nitrogens with zero attached hydrogens (tertiary/aromatic N) is 3. The summed E-state index contributed by atoms with van der Waals surface area (Å²) in [6, 6.07) is 0. The Hall–Kier alpha value is -1.96. The summed E-state index contributed by atoms with van der Waals surface area (Å²) < 4.78 is 1.57. The third kappa shape index (κ3) is 4.82. The van der Waals surface area contributed by atoms with Crippen molar-refractivity contribution in [2.24, 2.45) is 5.92 Å². The van der Waals surface area contributed by atoms with Crippen LogP contribution in [0.25, 0.3) is 0 Å². The van der Waals surface area contributed by atoms with Crippen molar-refractivity contribution in [1.29, 1.82) is 0 Å². The highest BCUT2D eigenvalue weighted by Crippen LogP contribution is 2.14. The number of aromatic nitrogens is 2. The van der Waals surface area contributed by atoms with E-state index in [0.29, 0.717) is 12.4 Å². The van der Waals surface area contributed by atoms with Crippen LogP contribution in [-0.2, 0) is 11.3 Å². The molecule has 0 aliphatic carbocycles. The number of nitro groups is 1. The van der Waals surface area contributed by atoms with Crippen molar-refractivity contribution in [1.82, 2.24) is 14.9 Å². The molecule has 0 aliphatic heterocycles. The Kier molecular flexibility index (Phi) is 5.42. The van der Waals surface area contributed by atoms with Crippen molar-refractivity contribution in [2.45, 2.75) is 46.3 Å². The van der Waals surface area contributed by atoms with Crippen LogP contribution in [0.2, 0.25) is 0 Å². The van der Waals surface area contributed by atoms with E-state index >= 15 is 0 Å². The van der Waals surface area contributed by atoms with Crippen molar-refractivity contribution in [2.75, 3.05) is 6.54 Å². The zero-order valence-corrected chi connectivity index (χ0v) is 12.8. The van der Waals surface area contributed by atoms with E-state index < -0.39 is 10.5 Å². The van der Waals surface area contributed by atoms with Gasteiger partial charge in [-0.3, -0.25) is 4.79 Å². The molecule has 1 aromatic rings. The molecule has 0 saturated heterocycles. The van der Waals surface area contributed by atoms with Gasteiger partial charge in [-0.1, -0.05) is 13.8 Å². The molecule has 0 fully saturated rings. The molecule has 1 unspecified atom stereocenters. The van der Waals surface area contributed by atoms with Crippen LogP contribution in [0.5, 0.6) is 0 Å². The summed E-state index contributed by atoms with van der Waals surface area (Å²) in [7, 11) is 0. The Balaban J connectivity index is 2.49. The molecule has 0 bridgehead atoms. The Labute approximate surface area is 123 Å². The molecule has 0 spiro atoms. The fourth-order valence-electron chi connectivity index (χ4n) is 1.60. The molecule has 8 heteroatoms. The number of amides is 1. The number of carbonyl (C=O) groups is 1. The lowest BCUT2D eigenvalue weighted by Gasteiger charge is -2.27. The highest BCUT2D eigenvalue weighted by molar-refractivity contribution is 5.75. The number of aryl methyl sites for hydroxylation is 2. The first-order valence-electron chi connectivity index (χ1n) is 6.80. The van der Waals surface area contributed by atoms with Crippen LogP contribution in [0.15, 0.2) is 6.20 Å². The van der Waals surface area contributed by atoms with Gasteiger partial charge in [0.2, 0.25) is 11.7 Å². The summed E-state index contributed by atoms with van der Waals surface area (Å²) >= 11 is 0. The summed E-state index contributed by atoms with van der Waals surface area (Å²) in [5.74, 6) is 0.0716. The quantitative estimate of drug-likeness (QED) is 0.576. The van der Waals surface area contributed by atoms with Gasteiger partial charge >= 0.3 is 5.82 Å². The van der Waals surface area contributed by atoms with E-state index in [9.17, 15) is 20.0 Å². The van der Waals surface area contributed by atoms with E-state index in [1.165, 1.54) is 6.20 Å². The van der Waals surface area contributed by atoms with Crippen LogP contribution in [0, 0.1) is 23.0 Å². The third-order valence-corrected chi connectivity index (χ3v) is 3.62. The highest BCUT2D eigenvalue weighted by atomic mass is 16.6. The molecule has 118 valence electrons. The Morgan fingerprint density at radius 2 is 2.24 bits per heavy atom. The summed E-state index contributed by atoms with van der Waals surface area (Å²) in [4.78, 5) is 25.6. The van der Waals surface area contributed by atoms with Crippen LogP contribution in [0.1, 0.15) is 33.0 Å². The topological polar surface area (TPSA) is 110 Å². The molecule has 0 aliphatic rings. The van der Waals surface area contributed by atoms with Gasteiger partial charge in [0.15, 0.2) is 0 Å². The number of aliphatic hydroxyl groups is 1. The summed E-state index contributed by atoms with van der Waals surface area (Å²) in [6.07, 6.45) is 1.48. The molecule has 21 heavy (non-hydrogen) atoms. The molecule has 2 N–H and O–H groups in total. The number of nitrogens with one attached hydrogen (secondary N) is 1. The molecule has 0 radical (unpaired) electrons. The summed E-state index contributed by atoms with van der Waals surface area (Å²) in [5, 5.41) is 23.3. The average Bonchev–Trinajstić information content (AvgIpc) is 2.75. The van der Waals surface area contributed by atoms with Gasteiger partial charge in [0.1, 0.15) is 6.20 Å². The number of hydrogen-bond donors (Lipinski definition) is 2. The van der Waals surface area contributed by atoms with Gasteiger partial charge in [0, 0.05) is 26.4 Å². The normalized spacial score (nSPS) is 14.0. The average molecular weight is 298 g/mol. The lowest BCUT2D eigenvalue weighted by molar-refractivity contribution is -0.389. The second kappa shape index (κ2) is 6.66. The van der Waals surface area contributed by atoms with Gasteiger partial charge in [-0.15, -0.1) is 0 Å². The fraction of sp³-hybridized carbons (Fsp3) is 0.692. The van der Waals surface area contributed by atoms with Crippen LogP contribution < -0.4 is 5.32 Å². The minimum atomic E-state index is -0.959. The number of rotatable bonds is 7. The molecule has 8 nitrogen and oxygen atoms in total. The van der Waals surface area contributed by atoms with Gasteiger partial charge in [0.25, 0.3) is 0 Å². The Morgan fingerprint density at radius 3 is 2.71 bits per heavy atom. The zero-order chi connectivity index (χ0) is 16.2. The molecule has 1 heterocycles. The van der Waals surface area contributed by atoms with Gasteiger partial charge in [0.05, 0.1) is 5.60 Å². The second-order valence-corrected chi connectivity index (χ2v) is 5.64. The first kappa shape index (κ1) is 17.1. The van der Waals surface area contributed by atoms with Gasteiger partial charge in [-0.2, -0.15) is 0 Å². The maximum absolute atomic E-state index is 11.7. The lowest BCUT2D eigenvalue weighted by atomic mass is 9.92. The lowest BCUT2D eigenvalue weighted by Crippen LogP contribution is -2.44. The van der Waals surface area contributed by atoms with E-state index in [-0.39, 0.29) is 30.6 Å². The second-order valence-electron chi connectivity index (χ2n) is 5.64. The van der Waals surface area contributed by atoms with E-state index in [1.807, 2.05) is 13.8 Å². The molecule has 0 saturated carbocycles. The predicted octanol–water partition coefficient (Wildman–Crippen LogP) is 1.01. The highest BCUT2D eigenvalue weighted by Gasteiger charge is 2.25. The van der Waals surface area contributed by atoms with Crippen LogP contribution in [0.4, 0.5) is 5.82 Å². The molecule has 1 rings (SSSR count). The molecular formula is C13H22N4O4. The maximum Gasteiger partial charge on any atom is 0.381 e. The number of carbonyl (C=O) groups excluding carboxylic acids is 1. The van der Waals surface area contributed by atoms with Gasteiger partial charge < -0.3 is 25.1 Å². The monoisotopic (exact) mass is 298 g/mol. The predicted molar refractivity (Wildman–Crippen MR) is 76.7 cm³/mol. The standard InChI is InChI=1S/C13H22N4O4/c1-9(2)13(4,19)8-14-12(18)5-6-16-7-11(17(20)21)15-10(16)3/h7,9,19H,5-6,8H2,1-4H3,(H,14,18). The molecular weight excluding hydrogens is 276 g/mol. The van der Waals surface area contributed by atoms with Gasteiger partial charge in [-0.05, 0) is 22.7 Å². The molecule has 0 aromatic carbocycles. The van der Waals surface area contributed by atoms with Crippen LogP contribution in [0.3, 0.4) is 0 Å². The maximum atomic E-state index is 11.7. The van der Waals surface area contributed by atoms with Crippen molar-refractivity contribution in [3.63, 3.8) is 0 Å². The smallest absolute Gasteiger partial charge is 0.381 e. The van der Waals surface area contributed by atoms with E-state index in [1.54, 1.807) is 18.4 Å². The van der Waals surface area contributed by atoms with E-state index in [4.69, 9.17) is 0 Å². The first-order chi connectivity index (χ1) is 9.63. The van der Waals surface area contributed by atoms with Gasteiger partial charge in [-0.25, -0.2) is 0 Å². The van der Waals surface area contributed by atoms with Crippen molar-refractivity contribution < 1.29 is 14.8 Å². The van der Waals surface area contributed by atoms with E-state index in [2.05, 4.69) is 10.3 Å². The summed E-state index contributed by atoms with van der Waals surface area (Å²) in [6.45, 7) is 7.55.